The highest BCUT2D eigenvalue weighted by molar-refractivity contribution is 7.89. The quantitative estimate of drug-likeness (QED) is 0.798. The Hall–Kier alpha value is -1.51. The lowest BCUT2D eigenvalue weighted by Crippen LogP contribution is -2.56. The molecule has 3 aliphatic heterocycles. The van der Waals surface area contributed by atoms with E-state index in [9.17, 15) is 13.2 Å². The van der Waals surface area contributed by atoms with Crippen molar-refractivity contribution in [3.05, 3.63) is 24.4 Å². The van der Waals surface area contributed by atoms with E-state index in [1.807, 2.05) is 0 Å². The van der Waals surface area contributed by atoms with E-state index in [-0.39, 0.29) is 28.3 Å². The van der Waals surface area contributed by atoms with Crippen LogP contribution in [0, 0.1) is 17.8 Å². The number of nitrogens with one attached hydrogen (secondary N) is 1. The molecule has 0 aromatic carbocycles. The van der Waals surface area contributed by atoms with Crippen LogP contribution in [0.3, 0.4) is 0 Å². The molecule has 3 fully saturated rings. The van der Waals surface area contributed by atoms with E-state index < -0.39 is 10.0 Å². The lowest BCUT2D eigenvalue weighted by molar-refractivity contribution is -0.123. The van der Waals surface area contributed by atoms with E-state index in [1.165, 1.54) is 16.6 Å². The van der Waals surface area contributed by atoms with Gasteiger partial charge in [0.05, 0.1) is 5.92 Å². The Bertz CT molecular complexity index is 821. The average molecular weight is 407 g/mol. The monoisotopic (exact) mass is 406 g/mol. The highest BCUT2D eigenvalue weighted by Crippen LogP contribution is 2.44. The summed E-state index contributed by atoms with van der Waals surface area (Å²) >= 11 is 0. The first-order valence-electron chi connectivity index (χ1n) is 10.3. The summed E-state index contributed by atoms with van der Waals surface area (Å²) in [7, 11) is -3.57. The standard InChI is InChI=1S/C20H30N4O3S/c1-3-15(2)12-23-13-16-17(14-23)20(22-19(16)25)7-10-24(11-8-20)28(26,27)18-6-4-5-9-21-18/h4-6,9,15-17H,3,7-8,10-14H2,1-2H3,(H,22,25)/t15-,16+,17-/m0/s1. The predicted octanol–water partition coefficient (Wildman–Crippen LogP) is 1.33. The van der Waals surface area contributed by atoms with Gasteiger partial charge in [-0.05, 0) is 30.9 Å². The minimum Gasteiger partial charge on any atom is -0.350 e. The summed E-state index contributed by atoms with van der Waals surface area (Å²) in [5.74, 6) is 1.10. The average Bonchev–Trinajstić information content (AvgIpc) is 3.22. The van der Waals surface area contributed by atoms with E-state index in [1.54, 1.807) is 12.1 Å². The maximum atomic E-state index is 12.9. The maximum Gasteiger partial charge on any atom is 0.260 e. The van der Waals surface area contributed by atoms with E-state index in [0.29, 0.717) is 31.8 Å². The molecule has 28 heavy (non-hydrogen) atoms. The Morgan fingerprint density at radius 1 is 1.29 bits per heavy atom. The zero-order chi connectivity index (χ0) is 19.9. The van der Waals surface area contributed by atoms with Gasteiger partial charge in [0.25, 0.3) is 10.0 Å². The third-order valence-corrected chi connectivity index (χ3v) is 8.75. The number of aromatic nitrogens is 1. The lowest BCUT2D eigenvalue weighted by Gasteiger charge is -2.42. The SMILES string of the molecule is CC[C@H](C)CN1C[C@H]2C(=O)NC3(CCN(S(=O)(=O)c4ccccn4)CC3)[C@H]2C1. The van der Waals surface area contributed by atoms with Gasteiger partial charge in [-0.1, -0.05) is 26.3 Å². The molecule has 1 N–H and O–H groups in total. The molecule has 7 nitrogen and oxygen atoms in total. The van der Waals surface area contributed by atoms with Crippen molar-refractivity contribution in [2.45, 2.75) is 43.7 Å². The second kappa shape index (κ2) is 7.39. The van der Waals surface area contributed by atoms with Crippen LogP contribution in [-0.4, -0.2) is 66.8 Å². The van der Waals surface area contributed by atoms with E-state index in [2.05, 4.69) is 29.0 Å². The maximum absolute atomic E-state index is 12.9. The Morgan fingerprint density at radius 3 is 2.68 bits per heavy atom. The zero-order valence-electron chi connectivity index (χ0n) is 16.7. The van der Waals surface area contributed by atoms with Gasteiger partial charge in [-0.25, -0.2) is 13.4 Å². The Morgan fingerprint density at radius 2 is 2.04 bits per heavy atom. The molecule has 1 aromatic heterocycles. The smallest absolute Gasteiger partial charge is 0.260 e. The molecule has 3 atom stereocenters. The highest BCUT2D eigenvalue weighted by atomic mass is 32.2. The number of piperidine rings is 1. The van der Waals surface area contributed by atoms with Gasteiger partial charge in [0, 0.05) is 50.4 Å². The molecule has 4 rings (SSSR count). The topological polar surface area (TPSA) is 82.6 Å². The van der Waals surface area contributed by atoms with Crippen LogP contribution in [0.2, 0.25) is 0 Å². The number of amides is 1. The summed E-state index contributed by atoms with van der Waals surface area (Å²) in [5, 5.41) is 3.37. The summed E-state index contributed by atoms with van der Waals surface area (Å²) in [6, 6.07) is 4.94. The van der Waals surface area contributed by atoms with Gasteiger partial charge in [-0.2, -0.15) is 4.31 Å². The molecule has 3 aliphatic rings. The molecule has 0 aliphatic carbocycles. The molecule has 0 bridgehead atoms. The summed E-state index contributed by atoms with van der Waals surface area (Å²) in [4.78, 5) is 19.1. The number of rotatable bonds is 5. The highest BCUT2D eigenvalue weighted by Gasteiger charge is 2.57. The number of nitrogens with zero attached hydrogens (tertiary/aromatic N) is 3. The van der Waals surface area contributed by atoms with Crippen LogP contribution < -0.4 is 5.32 Å². The van der Waals surface area contributed by atoms with Crippen LogP contribution >= 0.6 is 0 Å². The van der Waals surface area contributed by atoms with Crippen LogP contribution in [0.15, 0.2) is 29.4 Å². The van der Waals surface area contributed by atoms with Crippen molar-refractivity contribution in [1.82, 2.24) is 19.5 Å². The Kier molecular flexibility index (Phi) is 5.22. The summed E-state index contributed by atoms with van der Waals surface area (Å²) in [6.45, 7) is 8.10. The molecule has 0 saturated carbocycles. The molecule has 154 valence electrons. The molecule has 1 spiro atoms. The first-order valence-corrected chi connectivity index (χ1v) is 11.8. The van der Waals surface area contributed by atoms with Crippen molar-refractivity contribution in [3.63, 3.8) is 0 Å². The van der Waals surface area contributed by atoms with Crippen molar-refractivity contribution in [2.24, 2.45) is 17.8 Å². The fourth-order valence-corrected chi connectivity index (χ4v) is 6.49. The van der Waals surface area contributed by atoms with Gasteiger partial charge in [-0.15, -0.1) is 0 Å². The Balaban J connectivity index is 1.46. The third-order valence-electron chi connectivity index (χ3n) is 6.94. The summed E-state index contributed by atoms with van der Waals surface area (Å²) in [6.07, 6.45) is 3.99. The van der Waals surface area contributed by atoms with Crippen molar-refractivity contribution in [3.8, 4) is 0 Å². The molecule has 0 unspecified atom stereocenters. The van der Waals surface area contributed by atoms with Crippen LogP contribution in [-0.2, 0) is 14.8 Å². The fraction of sp³-hybridized carbons (Fsp3) is 0.700. The van der Waals surface area contributed by atoms with Gasteiger partial charge in [-0.3, -0.25) is 4.79 Å². The molecular weight excluding hydrogens is 376 g/mol. The Labute approximate surface area is 167 Å². The van der Waals surface area contributed by atoms with E-state index in [4.69, 9.17) is 0 Å². The van der Waals surface area contributed by atoms with E-state index in [0.717, 1.165) is 26.1 Å². The van der Waals surface area contributed by atoms with Gasteiger partial charge in [0.2, 0.25) is 5.91 Å². The lowest BCUT2D eigenvalue weighted by atomic mass is 9.76. The van der Waals surface area contributed by atoms with Crippen LogP contribution in [0.5, 0.6) is 0 Å². The van der Waals surface area contributed by atoms with Crippen LogP contribution in [0.4, 0.5) is 0 Å². The number of pyridine rings is 1. The second-order valence-corrected chi connectivity index (χ2v) is 10.5. The number of fused-ring (bicyclic) bond motifs is 2. The minimum atomic E-state index is -3.57. The van der Waals surface area contributed by atoms with Crippen LogP contribution in [0.1, 0.15) is 33.1 Å². The van der Waals surface area contributed by atoms with Crippen LogP contribution in [0.25, 0.3) is 0 Å². The number of carbonyl (C=O) groups excluding carboxylic acids is 1. The number of hydrogen-bond donors (Lipinski definition) is 1. The second-order valence-electron chi connectivity index (χ2n) is 8.66. The zero-order valence-corrected chi connectivity index (χ0v) is 17.5. The van der Waals surface area contributed by atoms with E-state index >= 15 is 0 Å². The largest absolute Gasteiger partial charge is 0.350 e. The number of sulfonamides is 1. The molecule has 1 aromatic rings. The van der Waals surface area contributed by atoms with Gasteiger partial charge in [0.1, 0.15) is 0 Å². The summed E-state index contributed by atoms with van der Waals surface area (Å²) in [5.41, 5.74) is -0.262. The molecular formula is C20H30N4O3S. The molecule has 4 heterocycles. The van der Waals surface area contributed by atoms with Crippen molar-refractivity contribution >= 4 is 15.9 Å². The first-order chi connectivity index (χ1) is 13.4. The van der Waals surface area contributed by atoms with Gasteiger partial charge < -0.3 is 10.2 Å². The van der Waals surface area contributed by atoms with Crippen molar-refractivity contribution in [2.75, 3.05) is 32.7 Å². The summed E-state index contributed by atoms with van der Waals surface area (Å²) < 4.78 is 27.2. The molecule has 8 heteroatoms. The minimum absolute atomic E-state index is 0.0444. The fourth-order valence-electron chi connectivity index (χ4n) is 5.11. The van der Waals surface area contributed by atoms with Gasteiger partial charge in [0.15, 0.2) is 5.03 Å². The van der Waals surface area contributed by atoms with Crippen molar-refractivity contribution < 1.29 is 13.2 Å². The molecule has 3 saturated heterocycles. The molecule has 1 amide bonds. The van der Waals surface area contributed by atoms with Crippen molar-refractivity contribution in [1.29, 1.82) is 0 Å². The number of carbonyl (C=O) groups is 1. The number of likely N-dealkylation sites (tertiary alicyclic amines) is 1. The third kappa shape index (κ3) is 3.35. The first kappa shape index (κ1) is 19.8. The predicted molar refractivity (Wildman–Crippen MR) is 106 cm³/mol. The molecule has 0 radical (unpaired) electrons. The normalized spacial score (nSPS) is 29.0. The number of hydrogen-bond acceptors (Lipinski definition) is 5. The van der Waals surface area contributed by atoms with Gasteiger partial charge >= 0.3 is 0 Å².